The third-order valence-electron chi connectivity index (χ3n) is 3.13. The lowest BCUT2D eigenvalue weighted by atomic mass is 10.1. The van der Waals surface area contributed by atoms with Crippen LogP contribution in [0.5, 0.6) is 0 Å². The lowest BCUT2D eigenvalue weighted by Crippen LogP contribution is -2.45. The summed E-state index contributed by atoms with van der Waals surface area (Å²) in [4.78, 5) is 2.20. The van der Waals surface area contributed by atoms with Gasteiger partial charge in [-0.1, -0.05) is 17.7 Å². The van der Waals surface area contributed by atoms with Crippen LogP contribution in [0.1, 0.15) is 13.8 Å². The Bertz CT molecular complexity index is 395. The minimum absolute atomic E-state index is 0.336. The molecule has 1 heterocycles. The van der Waals surface area contributed by atoms with Gasteiger partial charge in [0.1, 0.15) is 0 Å². The second kappa shape index (κ2) is 4.84. The van der Waals surface area contributed by atoms with Crippen LogP contribution in [0.2, 0.25) is 5.02 Å². The number of β-amino-alcohol motifs (C(OH)–C–C–N with tert-alkyl or cyclic N) is 1. The van der Waals surface area contributed by atoms with Gasteiger partial charge in [-0.2, -0.15) is 0 Å². The van der Waals surface area contributed by atoms with E-state index in [1.807, 2.05) is 31.2 Å². The fourth-order valence-electron chi connectivity index (χ4n) is 2.24. The largest absolute Gasteiger partial charge is 0.387 e. The average Bonchev–Trinajstić information content (AvgIpc) is 2.38. The molecule has 1 aromatic rings. The van der Waals surface area contributed by atoms with Crippen molar-refractivity contribution in [1.82, 2.24) is 5.32 Å². The van der Waals surface area contributed by atoms with Gasteiger partial charge in [0.15, 0.2) is 0 Å². The Balaban J connectivity index is 2.27. The summed E-state index contributed by atoms with van der Waals surface area (Å²) in [5.41, 5.74) is 0.349. The Labute approximate surface area is 107 Å². The maximum Gasteiger partial charge on any atom is 0.0917 e. The van der Waals surface area contributed by atoms with Crippen LogP contribution >= 0.6 is 11.6 Å². The van der Waals surface area contributed by atoms with E-state index in [2.05, 4.69) is 17.1 Å². The predicted octanol–water partition coefficient (Wildman–Crippen LogP) is 1.89. The van der Waals surface area contributed by atoms with Crippen molar-refractivity contribution in [2.75, 3.05) is 24.5 Å². The third-order valence-corrected chi connectivity index (χ3v) is 3.36. The van der Waals surface area contributed by atoms with Crippen molar-refractivity contribution in [1.29, 1.82) is 0 Å². The number of hydrogen-bond acceptors (Lipinski definition) is 3. The van der Waals surface area contributed by atoms with Crippen molar-refractivity contribution >= 4 is 17.3 Å². The molecule has 0 aromatic heterocycles. The molecule has 0 aliphatic carbocycles. The summed E-state index contributed by atoms with van der Waals surface area (Å²) in [7, 11) is 0. The minimum atomic E-state index is -0.715. The SMILES string of the molecule is CC1CNCC(C)(O)CN1c1cccc(Cl)c1. The van der Waals surface area contributed by atoms with E-state index in [-0.39, 0.29) is 0 Å². The first-order valence-corrected chi connectivity index (χ1v) is 6.31. The number of halogens is 1. The first kappa shape index (κ1) is 12.7. The summed E-state index contributed by atoms with van der Waals surface area (Å²) in [6.07, 6.45) is 0. The van der Waals surface area contributed by atoms with Crippen molar-refractivity contribution < 1.29 is 5.11 Å². The van der Waals surface area contributed by atoms with E-state index < -0.39 is 5.60 Å². The number of aliphatic hydroxyl groups is 1. The molecule has 0 radical (unpaired) electrons. The normalized spacial score (nSPS) is 30.1. The van der Waals surface area contributed by atoms with E-state index in [4.69, 9.17) is 11.6 Å². The highest BCUT2D eigenvalue weighted by Crippen LogP contribution is 2.24. The van der Waals surface area contributed by atoms with Gasteiger partial charge in [-0.15, -0.1) is 0 Å². The van der Waals surface area contributed by atoms with E-state index in [0.29, 0.717) is 19.1 Å². The summed E-state index contributed by atoms with van der Waals surface area (Å²) in [5.74, 6) is 0. The van der Waals surface area contributed by atoms with Gasteiger partial charge >= 0.3 is 0 Å². The number of hydrogen-bond donors (Lipinski definition) is 2. The van der Waals surface area contributed by atoms with Crippen LogP contribution in [0, 0.1) is 0 Å². The highest BCUT2D eigenvalue weighted by atomic mass is 35.5. The van der Waals surface area contributed by atoms with Crippen LogP contribution < -0.4 is 10.2 Å². The van der Waals surface area contributed by atoms with Crippen molar-refractivity contribution in [2.45, 2.75) is 25.5 Å². The molecule has 0 amide bonds. The minimum Gasteiger partial charge on any atom is -0.387 e. The van der Waals surface area contributed by atoms with Crippen LogP contribution in [0.25, 0.3) is 0 Å². The molecule has 0 saturated carbocycles. The van der Waals surface area contributed by atoms with Crippen LogP contribution in [0.15, 0.2) is 24.3 Å². The molecule has 1 saturated heterocycles. The second-order valence-corrected chi connectivity index (χ2v) is 5.52. The van der Waals surface area contributed by atoms with Gasteiger partial charge in [0.2, 0.25) is 0 Å². The van der Waals surface area contributed by atoms with Crippen LogP contribution in [0.4, 0.5) is 5.69 Å². The molecule has 1 aliphatic heterocycles. The number of nitrogens with zero attached hydrogens (tertiary/aromatic N) is 1. The average molecular weight is 255 g/mol. The molecule has 17 heavy (non-hydrogen) atoms. The molecule has 2 atom stereocenters. The third kappa shape index (κ3) is 3.12. The smallest absolute Gasteiger partial charge is 0.0917 e. The Morgan fingerprint density at radius 2 is 2.29 bits per heavy atom. The summed E-state index contributed by atoms with van der Waals surface area (Å²) < 4.78 is 0. The molecule has 2 unspecified atom stereocenters. The molecule has 2 N–H and O–H groups in total. The number of rotatable bonds is 1. The standard InChI is InChI=1S/C13H19ClN2O/c1-10-7-15-8-13(2,17)9-16(10)12-5-3-4-11(14)6-12/h3-6,10,15,17H,7-9H2,1-2H3. The molecule has 0 spiro atoms. The van der Waals surface area contributed by atoms with Crippen LogP contribution in [0.3, 0.4) is 0 Å². The predicted molar refractivity (Wildman–Crippen MR) is 71.8 cm³/mol. The molecule has 1 fully saturated rings. The monoisotopic (exact) mass is 254 g/mol. The van der Waals surface area contributed by atoms with Crippen molar-refractivity contribution in [3.8, 4) is 0 Å². The Morgan fingerprint density at radius 3 is 3.00 bits per heavy atom. The maximum atomic E-state index is 10.2. The van der Waals surface area contributed by atoms with E-state index >= 15 is 0 Å². The van der Waals surface area contributed by atoms with Crippen LogP contribution in [-0.2, 0) is 0 Å². The van der Waals surface area contributed by atoms with Crippen molar-refractivity contribution in [3.05, 3.63) is 29.3 Å². The van der Waals surface area contributed by atoms with E-state index in [1.165, 1.54) is 0 Å². The Hall–Kier alpha value is -0.770. The molecule has 3 nitrogen and oxygen atoms in total. The van der Waals surface area contributed by atoms with Gasteiger partial charge in [0.05, 0.1) is 5.60 Å². The molecule has 1 aliphatic rings. The summed E-state index contributed by atoms with van der Waals surface area (Å²) in [6, 6.07) is 8.12. The Kier molecular flexibility index (Phi) is 3.61. The highest BCUT2D eigenvalue weighted by molar-refractivity contribution is 6.30. The van der Waals surface area contributed by atoms with Gasteiger partial charge in [-0.3, -0.25) is 0 Å². The maximum absolute atomic E-state index is 10.2. The van der Waals surface area contributed by atoms with Gasteiger partial charge < -0.3 is 15.3 Å². The summed E-state index contributed by atoms with van der Waals surface area (Å²) >= 11 is 6.02. The van der Waals surface area contributed by atoms with Crippen molar-refractivity contribution in [2.24, 2.45) is 0 Å². The number of nitrogens with one attached hydrogen (secondary N) is 1. The zero-order chi connectivity index (χ0) is 12.5. The molecule has 4 heteroatoms. The lowest BCUT2D eigenvalue weighted by molar-refractivity contribution is 0.0726. The molecular weight excluding hydrogens is 236 g/mol. The zero-order valence-electron chi connectivity index (χ0n) is 10.3. The van der Waals surface area contributed by atoms with Gasteiger partial charge in [0, 0.05) is 36.4 Å². The van der Waals surface area contributed by atoms with Crippen molar-refractivity contribution in [3.63, 3.8) is 0 Å². The summed E-state index contributed by atoms with van der Waals surface area (Å²) in [5, 5.41) is 14.2. The molecular formula is C13H19ClN2O. The fourth-order valence-corrected chi connectivity index (χ4v) is 2.42. The quantitative estimate of drug-likeness (QED) is 0.804. The topological polar surface area (TPSA) is 35.5 Å². The molecule has 0 bridgehead atoms. The van der Waals surface area contributed by atoms with Crippen LogP contribution in [-0.4, -0.2) is 36.4 Å². The Morgan fingerprint density at radius 1 is 1.53 bits per heavy atom. The van der Waals surface area contributed by atoms with Gasteiger partial charge in [0.25, 0.3) is 0 Å². The second-order valence-electron chi connectivity index (χ2n) is 5.08. The van der Waals surface area contributed by atoms with E-state index in [1.54, 1.807) is 0 Å². The van der Waals surface area contributed by atoms with E-state index in [0.717, 1.165) is 17.3 Å². The van der Waals surface area contributed by atoms with Gasteiger partial charge in [-0.05, 0) is 32.0 Å². The number of benzene rings is 1. The fraction of sp³-hybridized carbons (Fsp3) is 0.538. The van der Waals surface area contributed by atoms with E-state index in [9.17, 15) is 5.11 Å². The molecule has 94 valence electrons. The molecule has 2 rings (SSSR count). The zero-order valence-corrected chi connectivity index (χ0v) is 11.0. The first-order valence-electron chi connectivity index (χ1n) is 5.93. The number of anilines is 1. The summed E-state index contributed by atoms with van der Waals surface area (Å²) in [6.45, 7) is 6.10. The highest BCUT2D eigenvalue weighted by Gasteiger charge is 2.30. The lowest BCUT2D eigenvalue weighted by Gasteiger charge is -2.33. The van der Waals surface area contributed by atoms with Gasteiger partial charge in [-0.25, -0.2) is 0 Å². The molecule has 1 aromatic carbocycles. The first-order chi connectivity index (χ1) is 7.98.